The molecule has 0 amide bonds. The number of pyridine rings is 1. The predicted octanol–water partition coefficient (Wildman–Crippen LogP) is 2.91. The van der Waals surface area contributed by atoms with Gasteiger partial charge in [0, 0.05) is 11.4 Å². The highest BCUT2D eigenvalue weighted by molar-refractivity contribution is 5.78. The van der Waals surface area contributed by atoms with Crippen LogP contribution in [0.15, 0.2) is 36.4 Å². The molecular formula is C14H16N2. The Hall–Kier alpha value is -1.41. The second kappa shape index (κ2) is 3.87. The Balaban J connectivity index is 1.99. The summed E-state index contributed by atoms with van der Waals surface area (Å²) >= 11 is 0. The van der Waals surface area contributed by atoms with Gasteiger partial charge in [-0.3, -0.25) is 4.98 Å². The molecule has 2 aromatic rings. The van der Waals surface area contributed by atoms with E-state index in [1.165, 1.54) is 17.5 Å². The zero-order chi connectivity index (χ0) is 11.0. The molecule has 1 aliphatic rings. The second-order valence-corrected chi connectivity index (χ2v) is 4.73. The van der Waals surface area contributed by atoms with Crippen LogP contribution in [0, 0.1) is 5.92 Å². The number of benzene rings is 1. The number of rotatable bonds is 1. The summed E-state index contributed by atoms with van der Waals surface area (Å²) in [6.45, 7) is 3.40. The van der Waals surface area contributed by atoms with Crippen molar-refractivity contribution in [2.45, 2.75) is 19.4 Å². The third kappa shape index (κ3) is 1.69. The first-order valence-corrected chi connectivity index (χ1v) is 5.92. The molecule has 16 heavy (non-hydrogen) atoms. The van der Waals surface area contributed by atoms with Gasteiger partial charge in [0.05, 0.1) is 11.2 Å². The van der Waals surface area contributed by atoms with Crippen LogP contribution in [0.25, 0.3) is 10.9 Å². The van der Waals surface area contributed by atoms with Crippen molar-refractivity contribution in [1.82, 2.24) is 10.3 Å². The maximum Gasteiger partial charge on any atom is 0.0706 e. The first-order chi connectivity index (χ1) is 7.83. The van der Waals surface area contributed by atoms with E-state index in [0.29, 0.717) is 6.04 Å². The normalized spacial score (nSPS) is 25.1. The van der Waals surface area contributed by atoms with Gasteiger partial charge >= 0.3 is 0 Å². The topological polar surface area (TPSA) is 24.9 Å². The van der Waals surface area contributed by atoms with Gasteiger partial charge in [0.2, 0.25) is 0 Å². The lowest BCUT2D eigenvalue weighted by Crippen LogP contribution is -2.14. The molecule has 0 bridgehead atoms. The summed E-state index contributed by atoms with van der Waals surface area (Å²) < 4.78 is 0. The van der Waals surface area contributed by atoms with Crippen molar-refractivity contribution in [3.8, 4) is 0 Å². The van der Waals surface area contributed by atoms with Crippen molar-refractivity contribution in [1.29, 1.82) is 0 Å². The predicted molar refractivity (Wildman–Crippen MR) is 66.3 cm³/mol. The fraction of sp³-hybridized carbons (Fsp3) is 0.357. The molecular weight excluding hydrogens is 196 g/mol. The number of nitrogens with zero attached hydrogens (tertiary/aromatic N) is 1. The highest BCUT2D eigenvalue weighted by Crippen LogP contribution is 2.26. The van der Waals surface area contributed by atoms with E-state index in [1.807, 2.05) is 6.07 Å². The Bertz CT molecular complexity index is 507. The molecule has 2 heteroatoms. The SMILES string of the molecule is C[C@H]1CN[C@@H](c2ccc3ccccc3n2)C1. The quantitative estimate of drug-likeness (QED) is 0.786. The highest BCUT2D eigenvalue weighted by atomic mass is 15.0. The fourth-order valence-corrected chi connectivity index (χ4v) is 2.41. The first kappa shape index (κ1) is 9.79. The Morgan fingerprint density at radius 2 is 2.06 bits per heavy atom. The Labute approximate surface area is 95.7 Å². The van der Waals surface area contributed by atoms with Gasteiger partial charge in [-0.2, -0.15) is 0 Å². The zero-order valence-electron chi connectivity index (χ0n) is 9.48. The number of hydrogen-bond donors (Lipinski definition) is 1. The molecule has 1 saturated heterocycles. The number of fused-ring (bicyclic) bond motifs is 1. The van der Waals surface area contributed by atoms with Gasteiger partial charge in [-0.25, -0.2) is 0 Å². The molecule has 2 heterocycles. The van der Waals surface area contributed by atoms with Crippen LogP contribution in [0.2, 0.25) is 0 Å². The molecule has 1 fully saturated rings. The number of nitrogens with one attached hydrogen (secondary N) is 1. The van der Waals surface area contributed by atoms with Gasteiger partial charge in [0.25, 0.3) is 0 Å². The van der Waals surface area contributed by atoms with Crippen molar-refractivity contribution in [3.63, 3.8) is 0 Å². The molecule has 0 aliphatic carbocycles. The maximum atomic E-state index is 4.73. The monoisotopic (exact) mass is 212 g/mol. The van der Waals surface area contributed by atoms with Crippen LogP contribution >= 0.6 is 0 Å². The summed E-state index contributed by atoms with van der Waals surface area (Å²) in [4.78, 5) is 4.73. The molecule has 1 aromatic carbocycles. The van der Waals surface area contributed by atoms with Crippen LogP contribution < -0.4 is 5.32 Å². The molecule has 3 rings (SSSR count). The van der Waals surface area contributed by atoms with E-state index >= 15 is 0 Å². The van der Waals surface area contributed by atoms with Gasteiger partial charge in [-0.15, -0.1) is 0 Å². The number of para-hydroxylation sites is 1. The van der Waals surface area contributed by atoms with Crippen LogP contribution in [0.1, 0.15) is 25.1 Å². The maximum absolute atomic E-state index is 4.73. The minimum atomic E-state index is 0.444. The lowest BCUT2D eigenvalue weighted by molar-refractivity contribution is 0.601. The summed E-state index contributed by atoms with van der Waals surface area (Å²) in [5.74, 6) is 0.762. The Kier molecular flexibility index (Phi) is 2.37. The molecule has 1 aliphatic heterocycles. The zero-order valence-corrected chi connectivity index (χ0v) is 9.48. The van der Waals surface area contributed by atoms with E-state index in [4.69, 9.17) is 4.98 Å². The van der Waals surface area contributed by atoms with E-state index in [-0.39, 0.29) is 0 Å². The minimum absolute atomic E-state index is 0.444. The largest absolute Gasteiger partial charge is 0.308 e. The average Bonchev–Trinajstić information content (AvgIpc) is 2.75. The summed E-state index contributed by atoms with van der Waals surface area (Å²) in [5.41, 5.74) is 2.28. The smallest absolute Gasteiger partial charge is 0.0706 e. The van der Waals surface area contributed by atoms with Crippen molar-refractivity contribution in [2.24, 2.45) is 5.92 Å². The summed E-state index contributed by atoms with van der Waals surface area (Å²) in [6.07, 6.45) is 1.20. The van der Waals surface area contributed by atoms with Crippen molar-refractivity contribution in [3.05, 3.63) is 42.1 Å². The molecule has 82 valence electrons. The van der Waals surface area contributed by atoms with E-state index in [0.717, 1.165) is 18.0 Å². The van der Waals surface area contributed by atoms with Crippen LogP contribution in [-0.2, 0) is 0 Å². The molecule has 0 saturated carbocycles. The van der Waals surface area contributed by atoms with Gasteiger partial charge < -0.3 is 5.32 Å². The standard InChI is InChI=1S/C14H16N2/c1-10-8-14(15-9-10)13-7-6-11-4-2-3-5-12(11)16-13/h2-7,10,14-15H,8-9H2,1H3/t10-,14-/m1/s1. The Morgan fingerprint density at radius 3 is 2.88 bits per heavy atom. The molecule has 0 radical (unpaired) electrons. The van der Waals surface area contributed by atoms with E-state index in [1.54, 1.807) is 0 Å². The van der Waals surface area contributed by atoms with Gasteiger partial charge in [-0.1, -0.05) is 31.2 Å². The molecule has 0 unspecified atom stereocenters. The Morgan fingerprint density at radius 1 is 1.19 bits per heavy atom. The average molecular weight is 212 g/mol. The summed E-state index contributed by atoms with van der Waals surface area (Å²) in [7, 11) is 0. The lowest BCUT2D eigenvalue weighted by atomic mass is 10.0. The highest BCUT2D eigenvalue weighted by Gasteiger charge is 2.22. The van der Waals surface area contributed by atoms with Crippen LogP contribution in [0.4, 0.5) is 0 Å². The van der Waals surface area contributed by atoms with Crippen molar-refractivity contribution < 1.29 is 0 Å². The molecule has 1 N–H and O–H groups in total. The van der Waals surface area contributed by atoms with Crippen LogP contribution in [0.3, 0.4) is 0 Å². The van der Waals surface area contributed by atoms with E-state index in [2.05, 4.69) is 42.6 Å². The third-order valence-corrected chi connectivity index (χ3v) is 3.33. The van der Waals surface area contributed by atoms with E-state index in [9.17, 15) is 0 Å². The molecule has 2 atom stereocenters. The third-order valence-electron chi connectivity index (χ3n) is 3.33. The second-order valence-electron chi connectivity index (χ2n) is 4.73. The van der Waals surface area contributed by atoms with Gasteiger partial charge in [-0.05, 0) is 31.0 Å². The molecule has 1 aromatic heterocycles. The molecule has 2 nitrogen and oxygen atoms in total. The number of hydrogen-bond acceptors (Lipinski definition) is 2. The van der Waals surface area contributed by atoms with Crippen molar-refractivity contribution in [2.75, 3.05) is 6.54 Å². The van der Waals surface area contributed by atoms with Crippen LogP contribution in [0.5, 0.6) is 0 Å². The summed E-state index contributed by atoms with van der Waals surface area (Å²) in [6, 6.07) is 13.1. The van der Waals surface area contributed by atoms with Crippen LogP contribution in [-0.4, -0.2) is 11.5 Å². The summed E-state index contributed by atoms with van der Waals surface area (Å²) in [5, 5.41) is 4.74. The van der Waals surface area contributed by atoms with Gasteiger partial charge in [0.1, 0.15) is 0 Å². The van der Waals surface area contributed by atoms with E-state index < -0.39 is 0 Å². The van der Waals surface area contributed by atoms with Crippen molar-refractivity contribution >= 4 is 10.9 Å². The molecule has 0 spiro atoms. The minimum Gasteiger partial charge on any atom is -0.308 e. The first-order valence-electron chi connectivity index (χ1n) is 5.92. The fourth-order valence-electron chi connectivity index (χ4n) is 2.41. The number of aromatic nitrogens is 1. The lowest BCUT2D eigenvalue weighted by Gasteiger charge is -2.10. The van der Waals surface area contributed by atoms with Gasteiger partial charge in [0.15, 0.2) is 0 Å².